The summed E-state index contributed by atoms with van der Waals surface area (Å²) in [7, 11) is 0. The van der Waals surface area contributed by atoms with E-state index in [0.29, 0.717) is 5.56 Å². The van der Waals surface area contributed by atoms with Crippen molar-refractivity contribution >= 4 is 65.4 Å². The molecule has 338 valence electrons. The van der Waals surface area contributed by atoms with Gasteiger partial charge in [-0.1, -0.05) is 109 Å². The molecule has 7 heteroatoms. The summed E-state index contributed by atoms with van der Waals surface area (Å²) in [6.45, 7) is 0. The number of hydrogen-bond acceptors (Lipinski definition) is 4. The molecule has 1 spiro atoms. The Hall–Kier alpha value is -10.0. The number of nitriles is 1. The predicted octanol–water partition coefficient (Wildman–Crippen LogP) is 15.8. The van der Waals surface area contributed by atoms with Crippen LogP contribution in [0, 0.1) is 11.3 Å². The van der Waals surface area contributed by atoms with E-state index in [1.54, 1.807) is 0 Å². The van der Waals surface area contributed by atoms with Crippen LogP contribution in [0.5, 0.6) is 11.5 Å². The normalized spacial score (nSPS) is 14.5. The van der Waals surface area contributed by atoms with Crippen LogP contribution in [0.15, 0.2) is 231 Å². The van der Waals surface area contributed by atoms with Gasteiger partial charge in [0.1, 0.15) is 11.5 Å². The second kappa shape index (κ2) is 14.8. The first kappa shape index (κ1) is 39.8. The summed E-state index contributed by atoms with van der Waals surface area (Å²) in [5, 5.41) is 17.1. The first-order valence-corrected chi connectivity index (χ1v) is 24.6. The lowest BCUT2D eigenvalue weighted by molar-refractivity contribution is 0.436. The molecule has 1 atom stereocenters. The largest absolute Gasteiger partial charge is 0.457 e. The van der Waals surface area contributed by atoms with Crippen molar-refractivity contribution in [1.29, 1.82) is 5.26 Å². The van der Waals surface area contributed by atoms with Crippen LogP contribution < -0.4 is 4.74 Å². The highest BCUT2D eigenvalue weighted by Crippen LogP contribution is 2.62. The lowest BCUT2D eigenvalue weighted by Gasteiger charge is -2.39. The monoisotopic (exact) mass is 930 g/mol. The van der Waals surface area contributed by atoms with Crippen LogP contribution in [0.3, 0.4) is 0 Å². The number of ether oxygens (including phenoxy) is 1. The summed E-state index contributed by atoms with van der Waals surface area (Å²) in [6, 6.07) is 80.1. The van der Waals surface area contributed by atoms with Gasteiger partial charge in [-0.05, 0) is 126 Å². The smallest absolute Gasteiger partial charge is 0.132 e. The number of fused-ring (bicyclic) bond motifs is 18. The standard InChI is InChI=1S/C66H38N6O/c67-38-40-23-30-60-50(34-40)51-35-41(24-31-61(51)71(60)44-28-26-43(27-29-44)70-56-18-6-1-12-46(56)47-13-2-7-19-57(47)70)42-25-32-63-54(36-42)66(52-16-5-10-22-62(52)73-63)53-17-11-33-68-64(53)65-55(66)37-45(39-69-65)72-58-20-8-3-14-48(58)49-15-4-9-21-59(49)72/h1-37,39H. The third kappa shape index (κ3) is 5.36. The van der Waals surface area contributed by atoms with Gasteiger partial charge in [0.05, 0.1) is 73.4 Å². The van der Waals surface area contributed by atoms with Crippen molar-refractivity contribution < 1.29 is 4.74 Å². The molecule has 0 saturated carbocycles. The highest BCUT2D eigenvalue weighted by atomic mass is 16.5. The maximum Gasteiger partial charge on any atom is 0.132 e. The number of nitrogens with zero attached hydrogens (tertiary/aromatic N) is 6. The van der Waals surface area contributed by atoms with E-state index in [-0.39, 0.29) is 0 Å². The Morgan fingerprint density at radius 3 is 1.51 bits per heavy atom. The fraction of sp³-hybridized carbons (Fsp3) is 0.0152. The van der Waals surface area contributed by atoms with Crippen LogP contribution in [0.1, 0.15) is 27.8 Å². The van der Waals surface area contributed by atoms with Gasteiger partial charge in [0.25, 0.3) is 0 Å². The van der Waals surface area contributed by atoms with Crippen molar-refractivity contribution in [3.8, 4) is 57.1 Å². The first-order chi connectivity index (χ1) is 36.2. The van der Waals surface area contributed by atoms with Crippen LogP contribution in [0.4, 0.5) is 0 Å². The van der Waals surface area contributed by atoms with Gasteiger partial charge in [-0.15, -0.1) is 0 Å². The zero-order valence-corrected chi connectivity index (χ0v) is 39.0. The lowest BCUT2D eigenvalue weighted by atomic mass is 9.66. The molecule has 0 bridgehead atoms. The molecule has 0 fully saturated rings. The molecule has 1 aliphatic heterocycles. The van der Waals surface area contributed by atoms with Crippen molar-refractivity contribution in [2.24, 2.45) is 0 Å². The molecule has 7 nitrogen and oxygen atoms in total. The molecule has 16 rings (SSSR count). The number of hydrogen-bond donors (Lipinski definition) is 0. The Morgan fingerprint density at radius 2 is 0.863 bits per heavy atom. The highest BCUT2D eigenvalue weighted by Gasteiger charge is 2.52. The van der Waals surface area contributed by atoms with E-state index < -0.39 is 5.41 Å². The second-order valence-electron chi connectivity index (χ2n) is 19.2. The first-order valence-electron chi connectivity index (χ1n) is 24.6. The number of para-hydroxylation sites is 5. The fourth-order valence-electron chi connectivity index (χ4n) is 12.6. The zero-order chi connectivity index (χ0) is 47.9. The van der Waals surface area contributed by atoms with E-state index in [1.165, 1.54) is 32.6 Å². The molecule has 1 unspecified atom stereocenters. The second-order valence-corrected chi connectivity index (χ2v) is 19.2. The molecule has 5 aromatic heterocycles. The van der Waals surface area contributed by atoms with Crippen LogP contribution in [-0.2, 0) is 5.41 Å². The van der Waals surface area contributed by atoms with Crippen molar-refractivity contribution in [2.45, 2.75) is 5.41 Å². The minimum Gasteiger partial charge on any atom is -0.457 e. The van der Waals surface area contributed by atoms with Gasteiger partial charge in [0.2, 0.25) is 0 Å². The van der Waals surface area contributed by atoms with E-state index in [4.69, 9.17) is 14.7 Å². The minimum atomic E-state index is -0.811. The molecule has 1 aliphatic carbocycles. The molecule has 73 heavy (non-hydrogen) atoms. The van der Waals surface area contributed by atoms with Crippen LogP contribution >= 0.6 is 0 Å². The summed E-state index contributed by atoms with van der Waals surface area (Å²) < 4.78 is 13.9. The van der Waals surface area contributed by atoms with Gasteiger partial charge in [0, 0.05) is 66.6 Å². The van der Waals surface area contributed by atoms with E-state index in [2.05, 4.69) is 214 Å². The summed E-state index contributed by atoms with van der Waals surface area (Å²) in [5.41, 5.74) is 17.6. The van der Waals surface area contributed by atoms with Gasteiger partial charge in [-0.3, -0.25) is 9.97 Å². The summed E-state index contributed by atoms with van der Waals surface area (Å²) in [6.07, 6.45) is 3.87. The Kier molecular flexibility index (Phi) is 8.04. The predicted molar refractivity (Wildman–Crippen MR) is 293 cm³/mol. The summed E-state index contributed by atoms with van der Waals surface area (Å²) in [5.74, 6) is 1.59. The van der Waals surface area contributed by atoms with E-state index >= 15 is 0 Å². The van der Waals surface area contributed by atoms with Crippen LogP contribution in [0.2, 0.25) is 0 Å². The topological polar surface area (TPSA) is 73.6 Å². The average molecular weight is 931 g/mol. The molecule has 9 aromatic carbocycles. The van der Waals surface area contributed by atoms with Gasteiger partial charge < -0.3 is 18.4 Å². The molecule has 14 aromatic rings. The van der Waals surface area contributed by atoms with Gasteiger partial charge in [0.15, 0.2) is 0 Å². The van der Waals surface area contributed by atoms with Crippen LogP contribution in [-0.4, -0.2) is 23.7 Å². The maximum absolute atomic E-state index is 10.2. The van der Waals surface area contributed by atoms with Crippen molar-refractivity contribution in [2.75, 3.05) is 0 Å². The zero-order valence-electron chi connectivity index (χ0n) is 39.0. The Bertz CT molecular complexity index is 4630. The van der Waals surface area contributed by atoms with Crippen molar-refractivity contribution in [1.82, 2.24) is 23.7 Å². The van der Waals surface area contributed by atoms with Gasteiger partial charge >= 0.3 is 0 Å². The summed E-state index contributed by atoms with van der Waals surface area (Å²) in [4.78, 5) is 10.4. The number of pyridine rings is 2. The van der Waals surface area contributed by atoms with E-state index in [9.17, 15) is 5.26 Å². The fourth-order valence-corrected chi connectivity index (χ4v) is 12.6. The average Bonchev–Trinajstić information content (AvgIpc) is 4.23. The van der Waals surface area contributed by atoms with Crippen molar-refractivity contribution in [3.05, 3.63) is 259 Å². The number of benzene rings is 9. The molecule has 0 amide bonds. The molecule has 6 heterocycles. The maximum atomic E-state index is 10.2. The quantitative estimate of drug-likeness (QED) is 0.176. The van der Waals surface area contributed by atoms with Crippen LogP contribution in [0.25, 0.3) is 105 Å². The van der Waals surface area contributed by atoms with Gasteiger partial charge in [-0.2, -0.15) is 5.26 Å². The van der Waals surface area contributed by atoms with E-state index in [1.807, 2.05) is 36.7 Å². The van der Waals surface area contributed by atoms with E-state index in [0.717, 1.165) is 106 Å². The molecule has 0 N–H and O–H groups in total. The number of aromatic nitrogens is 5. The number of rotatable bonds is 4. The molecular weight excluding hydrogens is 893 g/mol. The molecule has 2 aliphatic rings. The SMILES string of the molecule is N#Cc1ccc2c(c1)c1cc(-c3ccc4c(c3)C3(c5ccccc5O4)c4cccnc4-c4ncc(-n5c6ccccc6c6ccccc65)cc43)ccc1n2-c1ccc(-n2c3ccccc3c3ccccc32)cc1. The third-order valence-corrected chi connectivity index (χ3v) is 15.6. The lowest BCUT2D eigenvalue weighted by Crippen LogP contribution is -2.32. The van der Waals surface area contributed by atoms with Crippen molar-refractivity contribution in [3.63, 3.8) is 0 Å². The highest BCUT2D eigenvalue weighted by molar-refractivity contribution is 6.12. The summed E-state index contributed by atoms with van der Waals surface area (Å²) >= 11 is 0. The third-order valence-electron chi connectivity index (χ3n) is 15.6. The molecular formula is C66H38N6O. The Morgan fingerprint density at radius 1 is 0.370 bits per heavy atom. The van der Waals surface area contributed by atoms with Gasteiger partial charge in [-0.25, -0.2) is 0 Å². The Balaban J connectivity index is 0.883. The molecule has 0 radical (unpaired) electrons. The molecule has 0 saturated heterocycles. The minimum absolute atomic E-state index is 0.617. The Labute approximate surface area is 418 Å².